The first-order valence-corrected chi connectivity index (χ1v) is 5.87. The van der Waals surface area contributed by atoms with E-state index in [-0.39, 0.29) is 18.1 Å². The molecule has 19 heavy (non-hydrogen) atoms. The van der Waals surface area contributed by atoms with E-state index in [9.17, 15) is 4.79 Å². The standard InChI is InChI=1S/C15H14N2O2/c1-12-11-14(18)17(15(16-12)19-2)10-6-9-13-7-4-3-5-8-13/h3-5,7-8,11H,10H2,1-2H3. The fourth-order valence-corrected chi connectivity index (χ4v) is 1.64. The number of aromatic nitrogens is 2. The number of ether oxygens (including phenoxy) is 1. The van der Waals surface area contributed by atoms with Gasteiger partial charge in [-0.2, -0.15) is 0 Å². The summed E-state index contributed by atoms with van der Waals surface area (Å²) in [5.41, 5.74) is 1.38. The van der Waals surface area contributed by atoms with E-state index in [0.29, 0.717) is 5.69 Å². The van der Waals surface area contributed by atoms with Crippen LogP contribution < -0.4 is 10.3 Å². The molecule has 1 heterocycles. The topological polar surface area (TPSA) is 44.1 Å². The Hall–Kier alpha value is -2.54. The van der Waals surface area contributed by atoms with Crippen molar-refractivity contribution in [3.63, 3.8) is 0 Å². The molecule has 0 aliphatic rings. The van der Waals surface area contributed by atoms with E-state index in [0.717, 1.165) is 5.56 Å². The van der Waals surface area contributed by atoms with Gasteiger partial charge in [-0.25, -0.2) is 4.98 Å². The molecule has 1 aromatic heterocycles. The molecule has 0 saturated heterocycles. The minimum absolute atomic E-state index is 0.160. The highest BCUT2D eigenvalue weighted by Gasteiger charge is 2.05. The Morgan fingerprint density at radius 2 is 2.05 bits per heavy atom. The lowest BCUT2D eigenvalue weighted by atomic mass is 10.2. The van der Waals surface area contributed by atoms with Gasteiger partial charge in [-0.3, -0.25) is 9.36 Å². The summed E-state index contributed by atoms with van der Waals surface area (Å²) in [6.45, 7) is 2.01. The highest BCUT2D eigenvalue weighted by Crippen LogP contribution is 2.03. The molecule has 0 radical (unpaired) electrons. The van der Waals surface area contributed by atoms with Gasteiger partial charge >= 0.3 is 0 Å². The molecule has 2 rings (SSSR count). The van der Waals surface area contributed by atoms with Gasteiger partial charge in [0, 0.05) is 17.3 Å². The number of hydrogen-bond donors (Lipinski definition) is 0. The highest BCUT2D eigenvalue weighted by atomic mass is 16.5. The predicted molar refractivity (Wildman–Crippen MR) is 73.1 cm³/mol. The summed E-state index contributed by atoms with van der Waals surface area (Å²) in [4.78, 5) is 16.0. The van der Waals surface area contributed by atoms with Gasteiger partial charge in [0.2, 0.25) is 0 Å². The number of rotatable bonds is 2. The molecular weight excluding hydrogens is 240 g/mol. The predicted octanol–water partition coefficient (Wildman–Crippen LogP) is 1.61. The third-order valence-electron chi connectivity index (χ3n) is 2.53. The molecule has 0 saturated carbocycles. The average molecular weight is 254 g/mol. The number of methoxy groups -OCH3 is 1. The van der Waals surface area contributed by atoms with E-state index in [1.807, 2.05) is 30.3 Å². The molecule has 4 heteroatoms. The summed E-state index contributed by atoms with van der Waals surface area (Å²) in [6, 6.07) is 11.4. The van der Waals surface area contributed by atoms with Crippen molar-refractivity contribution in [3.8, 4) is 17.9 Å². The second-order valence-electron chi connectivity index (χ2n) is 3.98. The summed E-state index contributed by atoms with van der Waals surface area (Å²) in [7, 11) is 1.49. The van der Waals surface area contributed by atoms with Crippen molar-refractivity contribution >= 4 is 0 Å². The van der Waals surface area contributed by atoms with Crippen LogP contribution in [0.2, 0.25) is 0 Å². The maximum absolute atomic E-state index is 11.8. The van der Waals surface area contributed by atoms with Crippen LogP contribution >= 0.6 is 0 Å². The van der Waals surface area contributed by atoms with Crippen LogP contribution in [0.1, 0.15) is 11.3 Å². The second-order valence-corrected chi connectivity index (χ2v) is 3.98. The van der Waals surface area contributed by atoms with Crippen LogP contribution in [0.5, 0.6) is 6.01 Å². The smallest absolute Gasteiger partial charge is 0.299 e. The zero-order valence-electron chi connectivity index (χ0n) is 10.9. The third-order valence-corrected chi connectivity index (χ3v) is 2.53. The van der Waals surface area contributed by atoms with Crippen molar-refractivity contribution in [1.29, 1.82) is 0 Å². The lowest BCUT2D eigenvalue weighted by Crippen LogP contribution is -2.22. The molecular formula is C15H14N2O2. The normalized spacial score (nSPS) is 9.58. The Balaban J connectivity index is 2.26. The third kappa shape index (κ3) is 3.23. The summed E-state index contributed by atoms with van der Waals surface area (Å²) in [5, 5.41) is 0. The summed E-state index contributed by atoms with van der Waals surface area (Å²) < 4.78 is 6.50. The van der Waals surface area contributed by atoms with Crippen molar-refractivity contribution < 1.29 is 4.74 Å². The van der Waals surface area contributed by atoms with Gasteiger partial charge in [-0.1, -0.05) is 30.0 Å². The summed E-state index contributed by atoms with van der Waals surface area (Å²) in [6.07, 6.45) is 0. The lowest BCUT2D eigenvalue weighted by molar-refractivity contribution is 0.351. The molecule has 0 aliphatic carbocycles. The molecule has 2 aromatic rings. The number of hydrogen-bond acceptors (Lipinski definition) is 3. The van der Waals surface area contributed by atoms with Crippen molar-refractivity contribution in [1.82, 2.24) is 9.55 Å². The van der Waals surface area contributed by atoms with E-state index in [1.54, 1.807) is 6.92 Å². The van der Waals surface area contributed by atoms with Crippen LogP contribution in [0.3, 0.4) is 0 Å². The second kappa shape index (κ2) is 5.87. The minimum Gasteiger partial charge on any atom is -0.468 e. The van der Waals surface area contributed by atoms with Crippen LogP contribution in [0.4, 0.5) is 0 Å². The monoisotopic (exact) mass is 254 g/mol. The fraction of sp³-hybridized carbons (Fsp3) is 0.200. The molecule has 0 amide bonds. The number of nitrogens with zero attached hydrogens (tertiary/aromatic N) is 2. The molecule has 0 fully saturated rings. The maximum atomic E-state index is 11.8. The molecule has 0 bridgehead atoms. The molecule has 0 unspecified atom stereocenters. The fourth-order valence-electron chi connectivity index (χ4n) is 1.64. The van der Waals surface area contributed by atoms with E-state index >= 15 is 0 Å². The van der Waals surface area contributed by atoms with Crippen LogP contribution in [0, 0.1) is 18.8 Å². The maximum Gasteiger partial charge on any atom is 0.299 e. The largest absolute Gasteiger partial charge is 0.468 e. The molecule has 0 N–H and O–H groups in total. The summed E-state index contributed by atoms with van der Waals surface area (Å²) >= 11 is 0. The first kappa shape index (κ1) is 12.9. The quantitative estimate of drug-likeness (QED) is 0.765. The van der Waals surface area contributed by atoms with Gasteiger partial charge in [0.1, 0.15) is 0 Å². The van der Waals surface area contributed by atoms with Crippen LogP contribution in [-0.2, 0) is 6.54 Å². The lowest BCUT2D eigenvalue weighted by Gasteiger charge is -2.07. The van der Waals surface area contributed by atoms with Gasteiger partial charge in [-0.05, 0) is 19.1 Å². The Kier molecular flexibility index (Phi) is 3.99. The van der Waals surface area contributed by atoms with Gasteiger partial charge in [0.15, 0.2) is 0 Å². The van der Waals surface area contributed by atoms with E-state index < -0.39 is 0 Å². The Morgan fingerprint density at radius 1 is 1.32 bits per heavy atom. The Morgan fingerprint density at radius 3 is 2.74 bits per heavy atom. The SMILES string of the molecule is COc1nc(C)cc(=O)n1CC#Cc1ccccc1. The molecule has 0 atom stereocenters. The number of aryl methyl sites for hydroxylation is 1. The molecule has 0 aliphatic heterocycles. The number of benzene rings is 1. The minimum atomic E-state index is -0.160. The molecule has 96 valence electrons. The Bertz CT molecular complexity index is 679. The molecule has 0 spiro atoms. The van der Waals surface area contributed by atoms with Crippen LogP contribution in [-0.4, -0.2) is 16.7 Å². The Labute approximate surface area is 111 Å². The first-order chi connectivity index (χ1) is 9.20. The van der Waals surface area contributed by atoms with Gasteiger partial charge < -0.3 is 4.74 Å². The molecule has 1 aromatic carbocycles. The average Bonchev–Trinajstić information content (AvgIpc) is 2.42. The van der Waals surface area contributed by atoms with Gasteiger partial charge in [-0.15, -0.1) is 0 Å². The van der Waals surface area contributed by atoms with Crippen molar-refractivity contribution in [2.45, 2.75) is 13.5 Å². The van der Waals surface area contributed by atoms with Crippen LogP contribution in [0.15, 0.2) is 41.2 Å². The van der Waals surface area contributed by atoms with Crippen molar-refractivity contribution in [2.75, 3.05) is 7.11 Å². The van der Waals surface area contributed by atoms with E-state index in [2.05, 4.69) is 16.8 Å². The molecule has 4 nitrogen and oxygen atoms in total. The van der Waals surface area contributed by atoms with Crippen LogP contribution in [0.25, 0.3) is 0 Å². The van der Waals surface area contributed by atoms with Crippen molar-refractivity contribution in [2.24, 2.45) is 0 Å². The van der Waals surface area contributed by atoms with Crippen molar-refractivity contribution in [3.05, 3.63) is 58.0 Å². The zero-order chi connectivity index (χ0) is 13.7. The van der Waals surface area contributed by atoms with E-state index in [4.69, 9.17) is 4.74 Å². The first-order valence-electron chi connectivity index (χ1n) is 5.87. The van der Waals surface area contributed by atoms with E-state index in [1.165, 1.54) is 17.7 Å². The van der Waals surface area contributed by atoms with Gasteiger partial charge in [0.25, 0.3) is 11.6 Å². The van der Waals surface area contributed by atoms with Gasteiger partial charge in [0.05, 0.1) is 13.7 Å². The zero-order valence-corrected chi connectivity index (χ0v) is 10.9. The summed E-state index contributed by atoms with van der Waals surface area (Å²) in [5.74, 6) is 5.94. The highest BCUT2D eigenvalue weighted by molar-refractivity contribution is 5.33.